The van der Waals surface area contributed by atoms with E-state index in [0.29, 0.717) is 12.2 Å². The summed E-state index contributed by atoms with van der Waals surface area (Å²) in [4.78, 5) is 13.8. The number of anilines is 2. The number of halogens is 1. The first kappa shape index (κ1) is 13.4. The predicted molar refractivity (Wildman–Crippen MR) is 79.2 cm³/mol. The molecule has 0 saturated carbocycles. The Morgan fingerprint density at radius 1 is 1.19 bits per heavy atom. The number of carbonyl (C=O) groups is 1. The number of hydrogen-bond donors (Lipinski definition) is 2. The lowest BCUT2D eigenvalue weighted by atomic mass is 10.0. The number of phenolic OH excluding ortho intramolecular Hbond substituents is 1. The van der Waals surface area contributed by atoms with Crippen molar-refractivity contribution in [2.45, 2.75) is 12.8 Å². The van der Waals surface area contributed by atoms with Gasteiger partial charge in [-0.3, -0.25) is 4.90 Å². The Bertz CT molecular complexity index is 688. The SMILES string of the molecule is O=C(Nc1ccccc1F)N1CCCc2cccc(O)c21. The predicted octanol–water partition coefficient (Wildman–Crippen LogP) is 3.52. The van der Waals surface area contributed by atoms with Crippen LogP contribution in [0.4, 0.5) is 20.6 Å². The summed E-state index contributed by atoms with van der Waals surface area (Å²) in [6.07, 6.45) is 1.62. The fourth-order valence-electron chi connectivity index (χ4n) is 2.58. The second-order valence-corrected chi connectivity index (χ2v) is 4.95. The van der Waals surface area contributed by atoms with E-state index in [1.807, 2.05) is 6.07 Å². The van der Waals surface area contributed by atoms with Crippen molar-refractivity contribution in [1.82, 2.24) is 0 Å². The van der Waals surface area contributed by atoms with E-state index in [4.69, 9.17) is 0 Å². The quantitative estimate of drug-likeness (QED) is 0.842. The highest BCUT2D eigenvalue weighted by Crippen LogP contribution is 2.35. The first-order valence-electron chi connectivity index (χ1n) is 6.81. The third-order valence-electron chi connectivity index (χ3n) is 3.56. The highest BCUT2D eigenvalue weighted by molar-refractivity contribution is 6.03. The number of phenols is 1. The second-order valence-electron chi connectivity index (χ2n) is 4.95. The van der Waals surface area contributed by atoms with Crippen molar-refractivity contribution >= 4 is 17.4 Å². The zero-order chi connectivity index (χ0) is 14.8. The summed E-state index contributed by atoms with van der Waals surface area (Å²) in [7, 11) is 0. The van der Waals surface area contributed by atoms with Crippen LogP contribution in [0.15, 0.2) is 42.5 Å². The van der Waals surface area contributed by atoms with Gasteiger partial charge >= 0.3 is 6.03 Å². The lowest BCUT2D eigenvalue weighted by molar-refractivity contribution is 0.256. The molecule has 0 saturated heterocycles. The van der Waals surface area contributed by atoms with E-state index in [2.05, 4.69) is 5.32 Å². The van der Waals surface area contributed by atoms with Gasteiger partial charge in [-0.05, 0) is 36.6 Å². The first-order valence-corrected chi connectivity index (χ1v) is 6.81. The van der Waals surface area contributed by atoms with E-state index in [0.717, 1.165) is 18.4 Å². The maximum atomic E-state index is 13.6. The minimum Gasteiger partial charge on any atom is -0.506 e. The molecule has 108 valence electrons. The molecule has 2 aromatic rings. The number of para-hydroxylation sites is 2. The van der Waals surface area contributed by atoms with Crippen LogP contribution < -0.4 is 10.2 Å². The molecule has 0 aliphatic carbocycles. The molecule has 5 heteroatoms. The van der Waals surface area contributed by atoms with Crippen molar-refractivity contribution in [3.05, 3.63) is 53.8 Å². The molecule has 3 rings (SSSR count). The molecule has 1 heterocycles. The van der Waals surface area contributed by atoms with Crippen molar-refractivity contribution in [3.8, 4) is 5.75 Å². The Morgan fingerprint density at radius 2 is 2.00 bits per heavy atom. The first-order chi connectivity index (χ1) is 10.2. The molecule has 0 unspecified atom stereocenters. The molecule has 0 aromatic heterocycles. The second kappa shape index (κ2) is 5.44. The van der Waals surface area contributed by atoms with Gasteiger partial charge in [-0.15, -0.1) is 0 Å². The van der Waals surface area contributed by atoms with E-state index in [1.54, 1.807) is 24.3 Å². The Hall–Kier alpha value is -2.56. The minimum absolute atomic E-state index is 0.0656. The summed E-state index contributed by atoms with van der Waals surface area (Å²) >= 11 is 0. The Balaban J connectivity index is 1.89. The maximum Gasteiger partial charge on any atom is 0.326 e. The van der Waals surface area contributed by atoms with Gasteiger partial charge in [-0.1, -0.05) is 24.3 Å². The van der Waals surface area contributed by atoms with Gasteiger partial charge in [0.1, 0.15) is 11.6 Å². The monoisotopic (exact) mass is 286 g/mol. The number of benzene rings is 2. The van der Waals surface area contributed by atoms with E-state index in [1.165, 1.54) is 17.0 Å². The van der Waals surface area contributed by atoms with Crippen LogP contribution in [-0.2, 0) is 6.42 Å². The average molecular weight is 286 g/mol. The topological polar surface area (TPSA) is 52.6 Å². The van der Waals surface area contributed by atoms with Crippen molar-refractivity contribution in [1.29, 1.82) is 0 Å². The van der Waals surface area contributed by atoms with Gasteiger partial charge in [0, 0.05) is 6.54 Å². The standard InChI is InChI=1S/C16H15FN2O2/c17-12-7-1-2-8-13(12)18-16(21)19-10-4-6-11-5-3-9-14(20)15(11)19/h1-3,5,7-9,20H,4,6,10H2,(H,18,21). The maximum absolute atomic E-state index is 13.6. The van der Waals surface area contributed by atoms with Crippen LogP contribution >= 0.6 is 0 Å². The number of aromatic hydroxyl groups is 1. The van der Waals surface area contributed by atoms with Gasteiger partial charge in [0.15, 0.2) is 0 Å². The number of aryl methyl sites for hydroxylation is 1. The van der Waals surface area contributed by atoms with Crippen LogP contribution in [0, 0.1) is 5.82 Å². The van der Waals surface area contributed by atoms with Crippen LogP contribution in [0.5, 0.6) is 5.75 Å². The number of hydrogen-bond acceptors (Lipinski definition) is 2. The van der Waals surface area contributed by atoms with E-state index in [9.17, 15) is 14.3 Å². The molecule has 1 aliphatic heterocycles. The number of nitrogens with zero attached hydrogens (tertiary/aromatic N) is 1. The van der Waals surface area contributed by atoms with Crippen LogP contribution in [0.2, 0.25) is 0 Å². The highest BCUT2D eigenvalue weighted by atomic mass is 19.1. The van der Waals surface area contributed by atoms with Crippen molar-refractivity contribution in [2.24, 2.45) is 0 Å². The number of fused-ring (bicyclic) bond motifs is 1. The molecule has 2 aromatic carbocycles. The molecule has 0 atom stereocenters. The van der Waals surface area contributed by atoms with Gasteiger partial charge in [0.05, 0.1) is 11.4 Å². The largest absolute Gasteiger partial charge is 0.506 e. The Morgan fingerprint density at radius 3 is 2.81 bits per heavy atom. The summed E-state index contributed by atoms with van der Waals surface area (Å²) in [6.45, 7) is 0.491. The average Bonchev–Trinajstić information content (AvgIpc) is 2.49. The van der Waals surface area contributed by atoms with Gasteiger partial charge in [-0.2, -0.15) is 0 Å². The molecule has 0 radical (unpaired) electrons. The van der Waals surface area contributed by atoms with Gasteiger partial charge < -0.3 is 10.4 Å². The lowest BCUT2D eigenvalue weighted by Gasteiger charge is -2.30. The smallest absolute Gasteiger partial charge is 0.326 e. The number of urea groups is 1. The van der Waals surface area contributed by atoms with Crippen LogP contribution in [0.3, 0.4) is 0 Å². The van der Waals surface area contributed by atoms with E-state index < -0.39 is 11.8 Å². The van der Waals surface area contributed by atoms with E-state index >= 15 is 0 Å². The number of amides is 2. The summed E-state index contributed by atoms with van der Waals surface area (Å²) in [5.74, 6) is -0.420. The summed E-state index contributed by atoms with van der Waals surface area (Å²) in [5, 5.41) is 12.5. The summed E-state index contributed by atoms with van der Waals surface area (Å²) < 4.78 is 13.6. The number of carbonyl (C=O) groups excluding carboxylic acids is 1. The van der Waals surface area contributed by atoms with Crippen molar-refractivity contribution in [3.63, 3.8) is 0 Å². The molecule has 0 bridgehead atoms. The van der Waals surface area contributed by atoms with Crippen LogP contribution in [0.1, 0.15) is 12.0 Å². The van der Waals surface area contributed by atoms with Gasteiger partial charge in [0.25, 0.3) is 0 Å². The summed E-state index contributed by atoms with van der Waals surface area (Å²) in [5.41, 5.74) is 1.56. The highest BCUT2D eigenvalue weighted by Gasteiger charge is 2.25. The van der Waals surface area contributed by atoms with Crippen LogP contribution in [-0.4, -0.2) is 17.7 Å². The van der Waals surface area contributed by atoms with Crippen LogP contribution in [0.25, 0.3) is 0 Å². The molecule has 0 fully saturated rings. The molecule has 21 heavy (non-hydrogen) atoms. The molecule has 0 spiro atoms. The minimum atomic E-state index is -0.486. The third kappa shape index (κ3) is 2.54. The Labute approximate surface area is 121 Å². The van der Waals surface area contributed by atoms with Crippen molar-refractivity contribution < 1.29 is 14.3 Å². The molecular formula is C16H15FN2O2. The fraction of sp³-hybridized carbons (Fsp3) is 0.188. The van der Waals surface area contributed by atoms with E-state index in [-0.39, 0.29) is 11.4 Å². The fourth-order valence-corrected chi connectivity index (χ4v) is 2.58. The lowest BCUT2D eigenvalue weighted by Crippen LogP contribution is -2.38. The Kier molecular flexibility index (Phi) is 3.48. The zero-order valence-electron chi connectivity index (χ0n) is 11.3. The molecular weight excluding hydrogens is 271 g/mol. The molecule has 2 N–H and O–H groups in total. The molecule has 2 amide bonds. The molecule has 4 nitrogen and oxygen atoms in total. The third-order valence-corrected chi connectivity index (χ3v) is 3.56. The summed E-state index contributed by atoms with van der Waals surface area (Å²) in [6, 6.07) is 10.8. The van der Waals surface area contributed by atoms with Gasteiger partial charge in [-0.25, -0.2) is 9.18 Å². The van der Waals surface area contributed by atoms with Gasteiger partial charge in [0.2, 0.25) is 0 Å². The number of rotatable bonds is 1. The normalized spacial score (nSPS) is 13.7. The van der Waals surface area contributed by atoms with Crippen molar-refractivity contribution in [2.75, 3.05) is 16.8 Å². The zero-order valence-corrected chi connectivity index (χ0v) is 11.3. The molecule has 1 aliphatic rings. The number of nitrogens with one attached hydrogen (secondary N) is 1.